The van der Waals surface area contributed by atoms with Crippen LogP contribution in [0.2, 0.25) is 0 Å². The highest BCUT2D eigenvalue weighted by Gasteiger charge is 2.19. The lowest BCUT2D eigenvalue weighted by atomic mass is 9.85. The van der Waals surface area contributed by atoms with Gasteiger partial charge in [-0.3, -0.25) is 0 Å². The first-order valence-electron chi connectivity index (χ1n) is 5.49. The topological polar surface area (TPSA) is 32.3 Å². The second-order valence-corrected chi connectivity index (χ2v) is 5.03. The molecule has 0 aromatic carbocycles. The molecule has 13 heavy (non-hydrogen) atoms. The zero-order chi connectivity index (χ0) is 9.73. The second kappa shape index (κ2) is 4.97. The summed E-state index contributed by atoms with van der Waals surface area (Å²) in [4.78, 5) is 0. The van der Waals surface area contributed by atoms with Gasteiger partial charge in [0.2, 0.25) is 0 Å². The number of aliphatic hydroxyl groups is 1. The van der Waals surface area contributed by atoms with Gasteiger partial charge in [0.25, 0.3) is 0 Å². The van der Waals surface area contributed by atoms with Crippen LogP contribution in [0.1, 0.15) is 46.0 Å². The lowest BCUT2D eigenvalue weighted by Crippen LogP contribution is -2.35. The van der Waals surface area contributed by atoms with Crippen molar-refractivity contribution in [2.75, 3.05) is 13.1 Å². The van der Waals surface area contributed by atoms with Gasteiger partial charge in [0.1, 0.15) is 0 Å². The van der Waals surface area contributed by atoms with Crippen LogP contribution in [0.3, 0.4) is 0 Å². The first-order valence-corrected chi connectivity index (χ1v) is 5.49. The molecule has 2 aliphatic rings. The number of hydrogen-bond acceptors (Lipinski definition) is 2. The van der Waals surface area contributed by atoms with Crippen molar-refractivity contribution in [3.63, 3.8) is 0 Å². The third kappa shape index (κ3) is 4.63. The normalized spacial score (nSPS) is 27.0. The molecule has 1 saturated heterocycles. The number of nitrogens with one attached hydrogen (secondary N) is 1. The first-order chi connectivity index (χ1) is 6.10. The van der Waals surface area contributed by atoms with Gasteiger partial charge in [0.15, 0.2) is 0 Å². The number of rotatable bonds is 0. The molecule has 78 valence electrons. The molecule has 1 saturated carbocycles. The minimum atomic E-state index is 0.0648. The van der Waals surface area contributed by atoms with Gasteiger partial charge in [0.05, 0.1) is 6.10 Å². The summed E-state index contributed by atoms with van der Waals surface area (Å²) < 4.78 is 0. The van der Waals surface area contributed by atoms with Crippen LogP contribution in [-0.2, 0) is 0 Å². The van der Waals surface area contributed by atoms with Crippen LogP contribution in [0.5, 0.6) is 0 Å². The monoisotopic (exact) mass is 185 g/mol. The van der Waals surface area contributed by atoms with Crippen molar-refractivity contribution < 1.29 is 5.11 Å². The van der Waals surface area contributed by atoms with E-state index in [0.29, 0.717) is 5.41 Å². The fourth-order valence-corrected chi connectivity index (χ4v) is 1.59. The van der Waals surface area contributed by atoms with Crippen LogP contribution in [0.15, 0.2) is 0 Å². The zero-order valence-electron chi connectivity index (χ0n) is 8.97. The average molecular weight is 185 g/mol. The quantitative estimate of drug-likeness (QED) is 0.604. The van der Waals surface area contributed by atoms with E-state index in [4.69, 9.17) is 5.11 Å². The minimum absolute atomic E-state index is 0.0648. The lowest BCUT2D eigenvalue weighted by molar-refractivity contribution is 0.0950. The third-order valence-corrected chi connectivity index (χ3v) is 2.89. The predicted molar refractivity (Wildman–Crippen MR) is 55.7 cm³/mol. The molecule has 0 amide bonds. The molecule has 1 heterocycles. The largest absolute Gasteiger partial charge is 0.393 e. The Morgan fingerprint density at radius 1 is 1.23 bits per heavy atom. The van der Waals surface area contributed by atoms with Gasteiger partial charge in [-0.15, -0.1) is 0 Å². The van der Waals surface area contributed by atoms with Crippen molar-refractivity contribution in [1.29, 1.82) is 0 Å². The van der Waals surface area contributed by atoms with Gasteiger partial charge < -0.3 is 10.4 Å². The Morgan fingerprint density at radius 2 is 1.85 bits per heavy atom. The van der Waals surface area contributed by atoms with Gasteiger partial charge in [0, 0.05) is 6.54 Å². The average Bonchev–Trinajstić information content (AvgIpc) is 2.01. The summed E-state index contributed by atoms with van der Waals surface area (Å²) >= 11 is 0. The maximum atomic E-state index is 8.45. The van der Waals surface area contributed by atoms with Gasteiger partial charge in [-0.1, -0.05) is 13.8 Å². The van der Waals surface area contributed by atoms with E-state index >= 15 is 0 Å². The molecule has 2 nitrogen and oxygen atoms in total. The van der Waals surface area contributed by atoms with E-state index < -0.39 is 0 Å². The molecule has 0 radical (unpaired) electrons. The van der Waals surface area contributed by atoms with E-state index in [1.807, 2.05) is 0 Å². The molecule has 2 N–H and O–H groups in total. The molecule has 0 aromatic heterocycles. The number of hydrogen-bond donors (Lipinski definition) is 2. The summed E-state index contributed by atoms with van der Waals surface area (Å²) in [7, 11) is 0. The van der Waals surface area contributed by atoms with Crippen LogP contribution in [0.4, 0.5) is 0 Å². The van der Waals surface area contributed by atoms with Crippen LogP contribution in [0, 0.1) is 5.41 Å². The van der Waals surface area contributed by atoms with Crippen LogP contribution < -0.4 is 5.32 Å². The SMILES string of the molecule is CC1(C)CCCNC1.OC1CCC1. The molecule has 1 aliphatic heterocycles. The highest BCUT2D eigenvalue weighted by molar-refractivity contribution is 4.75. The van der Waals surface area contributed by atoms with Gasteiger partial charge in [-0.05, 0) is 44.1 Å². The van der Waals surface area contributed by atoms with E-state index in [1.165, 1.54) is 32.4 Å². The summed E-state index contributed by atoms with van der Waals surface area (Å²) in [5.41, 5.74) is 0.568. The van der Waals surface area contributed by atoms with Crippen molar-refractivity contribution in [1.82, 2.24) is 5.32 Å². The fraction of sp³-hybridized carbons (Fsp3) is 1.00. The maximum absolute atomic E-state index is 8.45. The first kappa shape index (κ1) is 11.0. The van der Waals surface area contributed by atoms with Crippen LogP contribution in [0.25, 0.3) is 0 Å². The lowest BCUT2D eigenvalue weighted by Gasteiger charge is -2.29. The maximum Gasteiger partial charge on any atom is 0.0540 e. The van der Waals surface area contributed by atoms with E-state index in [1.54, 1.807) is 0 Å². The van der Waals surface area contributed by atoms with Gasteiger partial charge >= 0.3 is 0 Å². The molecule has 2 fully saturated rings. The van der Waals surface area contributed by atoms with Crippen molar-refractivity contribution in [3.8, 4) is 0 Å². The number of piperidine rings is 1. The summed E-state index contributed by atoms with van der Waals surface area (Å²) in [5.74, 6) is 0. The van der Waals surface area contributed by atoms with Crippen molar-refractivity contribution in [2.45, 2.75) is 52.1 Å². The highest BCUT2D eigenvalue weighted by Crippen LogP contribution is 2.23. The Balaban J connectivity index is 0.000000145. The van der Waals surface area contributed by atoms with Crippen molar-refractivity contribution in [2.24, 2.45) is 5.41 Å². The summed E-state index contributed by atoms with van der Waals surface area (Å²) in [6.07, 6.45) is 6.13. The Bertz CT molecular complexity index is 133. The Hall–Kier alpha value is -0.0800. The molecular formula is C11H23NO. The highest BCUT2D eigenvalue weighted by atomic mass is 16.3. The molecule has 0 bridgehead atoms. The third-order valence-electron chi connectivity index (χ3n) is 2.89. The molecule has 0 unspecified atom stereocenters. The standard InChI is InChI=1S/C7H15N.C4H8O/c1-7(2)4-3-5-8-6-7;5-4-2-1-3-4/h8H,3-6H2,1-2H3;4-5H,1-3H2. The molecule has 2 rings (SSSR count). The van der Waals surface area contributed by atoms with Gasteiger partial charge in [-0.25, -0.2) is 0 Å². The molecular weight excluding hydrogens is 162 g/mol. The van der Waals surface area contributed by atoms with E-state index in [0.717, 1.165) is 12.8 Å². The smallest absolute Gasteiger partial charge is 0.0540 e. The molecule has 2 heteroatoms. The van der Waals surface area contributed by atoms with Gasteiger partial charge in [-0.2, -0.15) is 0 Å². The van der Waals surface area contributed by atoms with E-state index in [2.05, 4.69) is 19.2 Å². The van der Waals surface area contributed by atoms with E-state index in [9.17, 15) is 0 Å². The summed E-state index contributed by atoms with van der Waals surface area (Å²) in [6.45, 7) is 7.06. The summed E-state index contributed by atoms with van der Waals surface area (Å²) in [5, 5.41) is 11.8. The molecule has 1 aliphatic carbocycles. The molecule has 0 atom stereocenters. The van der Waals surface area contributed by atoms with Crippen LogP contribution in [-0.4, -0.2) is 24.3 Å². The Kier molecular flexibility index (Phi) is 4.20. The van der Waals surface area contributed by atoms with Crippen LogP contribution >= 0.6 is 0 Å². The van der Waals surface area contributed by atoms with Crippen molar-refractivity contribution in [3.05, 3.63) is 0 Å². The van der Waals surface area contributed by atoms with E-state index in [-0.39, 0.29) is 6.10 Å². The predicted octanol–water partition coefficient (Wildman–Crippen LogP) is 1.93. The molecule has 0 aromatic rings. The number of aliphatic hydroxyl groups excluding tert-OH is 1. The Morgan fingerprint density at radius 3 is 2.00 bits per heavy atom. The Labute approximate surface area is 81.7 Å². The zero-order valence-corrected chi connectivity index (χ0v) is 8.97. The van der Waals surface area contributed by atoms with Crippen molar-refractivity contribution >= 4 is 0 Å². The minimum Gasteiger partial charge on any atom is -0.393 e. The molecule has 0 spiro atoms. The second-order valence-electron chi connectivity index (χ2n) is 5.03. The fourth-order valence-electron chi connectivity index (χ4n) is 1.59. The summed E-state index contributed by atoms with van der Waals surface area (Å²) in [6, 6.07) is 0.